The molecule has 0 N–H and O–H groups in total. The molecule has 0 saturated carbocycles. The van der Waals surface area contributed by atoms with Gasteiger partial charge in [0.1, 0.15) is 5.75 Å². The molecule has 0 bridgehead atoms. The molecule has 0 aromatic heterocycles. The van der Waals surface area contributed by atoms with Crippen LogP contribution < -0.4 is 4.74 Å². The monoisotopic (exact) mass is 282 g/mol. The van der Waals surface area contributed by atoms with Crippen LogP contribution in [0.2, 0.25) is 0 Å². The molecule has 0 aliphatic heterocycles. The van der Waals surface area contributed by atoms with E-state index in [-0.39, 0.29) is 5.75 Å². The Bertz CT molecular complexity index is 565. The zero-order valence-corrected chi connectivity index (χ0v) is 10.4. The molecular weight excluding hydrogens is 274 g/mol. The third kappa shape index (κ3) is 3.51. The van der Waals surface area contributed by atoms with Crippen LogP contribution in [-0.2, 0) is 0 Å². The topological polar surface area (TPSA) is 26.3 Å². The Kier molecular flexibility index (Phi) is 4.12. The van der Waals surface area contributed by atoms with Crippen molar-refractivity contribution in [3.63, 3.8) is 0 Å². The zero-order valence-electron chi connectivity index (χ0n) is 9.65. The molecule has 0 aliphatic rings. The molecule has 0 aliphatic carbocycles. The van der Waals surface area contributed by atoms with Crippen molar-refractivity contribution in [2.75, 3.05) is 0 Å². The Balaban J connectivity index is 2.19. The third-order valence-electron chi connectivity index (χ3n) is 2.52. The smallest absolute Gasteiger partial charge is 0.387 e. The molecule has 0 spiro atoms. The quantitative estimate of drug-likeness (QED) is 0.780. The summed E-state index contributed by atoms with van der Waals surface area (Å²) in [5.41, 5.74) is 2.09. The van der Waals surface area contributed by atoms with Crippen molar-refractivity contribution in [3.8, 4) is 16.9 Å². The fourth-order valence-electron chi connectivity index (χ4n) is 1.62. The number of rotatable bonds is 4. The van der Waals surface area contributed by atoms with Crippen molar-refractivity contribution in [1.82, 2.24) is 0 Å². The van der Waals surface area contributed by atoms with E-state index in [0.717, 1.165) is 11.1 Å². The summed E-state index contributed by atoms with van der Waals surface area (Å²) in [5, 5.41) is -0.521. The summed E-state index contributed by atoms with van der Waals surface area (Å²) in [5.74, 6) is 0.103. The first-order chi connectivity index (χ1) is 9.06. The Morgan fingerprint density at radius 2 is 1.42 bits per heavy atom. The van der Waals surface area contributed by atoms with Gasteiger partial charge in [-0.3, -0.25) is 4.79 Å². The van der Waals surface area contributed by atoms with Gasteiger partial charge in [-0.2, -0.15) is 8.78 Å². The standard InChI is InChI=1S/C14H9ClF2O2/c15-13(18)11-3-1-9(2-4-11)10-5-7-12(8-6-10)19-14(16)17/h1-8,14H. The number of benzene rings is 2. The Hall–Kier alpha value is -1.94. The minimum Gasteiger partial charge on any atom is -0.435 e. The molecule has 0 unspecified atom stereocenters. The molecule has 19 heavy (non-hydrogen) atoms. The van der Waals surface area contributed by atoms with E-state index in [1.54, 1.807) is 36.4 Å². The van der Waals surface area contributed by atoms with Gasteiger partial charge in [-0.15, -0.1) is 0 Å². The summed E-state index contributed by atoms with van der Waals surface area (Å²) in [7, 11) is 0. The molecule has 0 fully saturated rings. The van der Waals surface area contributed by atoms with Crippen LogP contribution in [-0.4, -0.2) is 11.9 Å². The lowest BCUT2D eigenvalue weighted by Crippen LogP contribution is -2.01. The van der Waals surface area contributed by atoms with E-state index in [0.29, 0.717) is 5.56 Å². The van der Waals surface area contributed by atoms with Gasteiger partial charge in [0, 0.05) is 5.56 Å². The predicted octanol–water partition coefficient (Wildman–Crippen LogP) is 4.33. The van der Waals surface area contributed by atoms with Gasteiger partial charge in [0.2, 0.25) is 0 Å². The molecule has 2 rings (SSSR count). The van der Waals surface area contributed by atoms with Crippen molar-refractivity contribution in [2.24, 2.45) is 0 Å². The molecule has 2 aromatic carbocycles. The zero-order chi connectivity index (χ0) is 13.8. The van der Waals surface area contributed by atoms with Crippen molar-refractivity contribution < 1.29 is 18.3 Å². The summed E-state index contributed by atoms with van der Waals surface area (Å²) in [6, 6.07) is 12.9. The van der Waals surface area contributed by atoms with Gasteiger partial charge < -0.3 is 4.74 Å². The van der Waals surface area contributed by atoms with E-state index < -0.39 is 11.9 Å². The van der Waals surface area contributed by atoms with Crippen molar-refractivity contribution in [2.45, 2.75) is 6.61 Å². The number of alkyl halides is 2. The first kappa shape index (κ1) is 13.5. The van der Waals surface area contributed by atoms with Crippen molar-refractivity contribution >= 4 is 16.8 Å². The van der Waals surface area contributed by atoms with Gasteiger partial charge >= 0.3 is 6.61 Å². The van der Waals surface area contributed by atoms with Crippen LogP contribution in [0.25, 0.3) is 11.1 Å². The summed E-state index contributed by atoms with van der Waals surface area (Å²) in [6.07, 6.45) is 0. The van der Waals surface area contributed by atoms with Crippen LogP contribution in [0.1, 0.15) is 10.4 Å². The molecule has 0 saturated heterocycles. The molecule has 2 nitrogen and oxygen atoms in total. The Morgan fingerprint density at radius 1 is 0.947 bits per heavy atom. The van der Waals surface area contributed by atoms with Gasteiger partial charge in [-0.05, 0) is 47.0 Å². The second-order valence-electron chi connectivity index (χ2n) is 3.75. The molecule has 5 heteroatoms. The van der Waals surface area contributed by atoms with Crippen molar-refractivity contribution in [3.05, 3.63) is 54.1 Å². The van der Waals surface area contributed by atoms with Gasteiger partial charge in [-0.25, -0.2) is 0 Å². The molecule has 0 radical (unpaired) electrons. The summed E-state index contributed by atoms with van der Waals surface area (Å²) < 4.78 is 28.3. The highest BCUT2D eigenvalue weighted by molar-refractivity contribution is 6.67. The van der Waals surface area contributed by atoms with Gasteiger partial charge in [0.25, 0.3) is 5.24 Å². The van der Waals surface area contributed by atoms with E-state index >= 15 is 0 Å². The maximum atomic E-state index is 12.0. The first-order valence-electron chi connectivity index (χ1n) is 5.41. The number of hydrogen-bond acceptors (Lipinski definition) is 2. The van der Waals surface area contributed by atoms with E-state index in [1.807, 2.05) is 0 Å². The van der Waals surface area contributed by atoms with Crippen LogP contribution in [0.5, 0.6) is 5.75 Å². The summed E-state index contributed by atoms with van der Waals surface area (Å²) in [4.78, 5) is 10.9. The second kappa shape index (κ2) is 5.80. The van der Waals surface area contributed by atoms with Crippen LogP contribution >= 0.6 is 11.6 Å². The fraction of sp³-hybridized carbons (Fsp3) is 0.0714. The lowest BCUT2D eigenvalue weighted by molar-refractivity contribution is -0.0498. The number of ether oxygens (including phenoxy) is 1. The van der Waals surface area contributed by atoms with Gasteiger partial charge in [0.05, 0.1) is 0 Å². The average Bonchev–Trinajstić information content (AvgIpc) is 2.39. The molecular formula is C14H9ClF2O2. The van der Waals surface area contributed by atoms with Crippen molar-refractivity contribution in [1.29, 1.82) is 0 Å². The minimum atomic E-state index is -2.83. The highest BCUT2D eigenvalue weighted by Crippen LogP contribution is 2.23. The van der Waals surface area contributed by atoms with Crippen LogP contribution in [0.15, 0.2) is 48.5 Å². The fourth-order valence-corrected chi connectivity index (χ4v) is 1.75. The highest BCUT2D eigenvalue weighted by atomic mass is 35.5. The molecule has 2 aromatic rings. The maximum Gasteiger partial charge on any atom is 0.387 e. The van der Waals surface area contributed by atoms with E-state index in [9.17, 15) is 13.6 Å². The molecule has 0 atom stereocenters. The third-order valence-corrected chi connectivity index (χ3v) is 2.74. The molecule has 98 valence electrons. The normalized spacial score (nSPS) is 10.5. The Labute approximate surface area is 113 Å². The predicted molar refractivity (Wildman–Crippen MR) is 68.7 cm³/mol. The van der Waals surface area contributed by atoms with Crippen LogP contribution in [0.3, 0.4) is 0 Å². The van der Waals surface area contributed by atoms with Gasteiger partial charge in [-0.1, -0.05) is 24.3 Å². The number of carbonyl (C=O) groups excluding carboxylic acids is 1. The SMILES string of the molecule is O=C(Cl)c1ccc(-c2ccc(OC(F)F)cc2)cc1. The van der Waals surface area contributed by atoms with Crippen LogP contribution in [0, 0.1) is 0 Å². The largest absolute Gasteiger partial charge is 0.435 e. The summed E-state index contributed by atoms with van der Waals surface area (Å²) >= 11 is 5.34. The first-order valence-corrected chi connectivity index (χ1v) is 5.79. The maximum absolute atomic E-state index is 12.0. The highest BCUT2D eigenvalue weighted by Gasteiger charge is 2.05. The van der Waals surface area contributed by atoms with Crippen LogP contribution in [0.4, 0.5) is 8.78 Å². The van der Waals surface area contributed by atoms with E-state index in [1.165, 1.54) is 12.1 Å². The van der Waals surface area contributed by atoms with E-state index in [2.05, 4.69) is 4.74 Å². The lowest BCUT2D eigenvalue weighted by Gasteiger charge is -2.06. The number of halogens is 3. The van der Waals surface area contributed by atoms with Gasteiger partial charge in [0.15, 0.2) is 0 Å². The number of carbonyl (C=O) groups is 1. The molecule has 0 amide bonds. The minimum absolute atomic E-state index is 0.103. The Morgan fingerprint density at radius 3 is 1.84 bits per heavy atom. The van der Waals surface area contributed by atoms with E-state index in [4.69, 9.17) is 11.6 Å². The molecule has 0 heterocycles. The number of hydrogen-bond donors (Lipinski definition) is 0. The average molecular weight is 283 g/mol. The summed E-state index contributed by atoms with van der Waals surface area (Å²) in [6.45, 7) is -2.83. The lowest BCUT2D eigenvalue weighted by atomic mass is 10.0. The second-order valence-corrected chi connectivity index (χ2v) is 4.10.